The number of carbonyl (C=O) groups is 1. The number of nitrogens with zero attached hydrogens (tertiary/aromatic N) is 3. The Labute approximate surface area is 266 Å². The molecule has 7 nitrogen and oxygen atoms in total. The lowest BCUT2D eigenvalue weighted by atomic mass is 10.1. The van der Waals surface area contributed by atoms with E-state index < -0.39 is 6.09 Å². The highest BCUT2D eigenvalue weighted by Crippen LogP contribution is 2.31. The van der Waals surface area contributed by atoms with Gasteiger partial charge in [0.1, 0.15) is 5.75 Å². The third-order valence-electron chi connectivity index (χ3n) is 8.46. The first-order valence-electron chi connectivity index (χ1n) is 16.6. The number of rotatable bonds is 17. The highest BCUT2D eigenvalue weighted by atomic mass is 32.1. The number of anilines is 1. The van der Waals surface area contributed by atoms with Crippen LogP contribution in [0.2, 0.25) is 0 Å². The van der Waals surface area contributed by atoms with Crippen molar-refractivity contribution in [2.75, 3.05) is 50.8 Å². The number of ether oxygens (including phenoxy) is 2. The fraction of sp³-hybridized carbons (Fsp3) is 0.500. The largest absolute Gasteiger partial charge is 0.494 e. The Kier molecular flexibility index (Phi) is 12.5. The van der Waals surface area contributed by atoms with Gasteiger partial charge in [0.05, 0.1) is 12.1 Å². The van der Waals surface area contributed by atoms with E-state index in [1.54, 1.807) is 6.07 Å². The normalized spacial score (nSPS) is 13.9. The second-order valence-electron chi connectivity index (χ2n) is 11.8. The zero-order valence-corrected chi connectivity index (χ0v) is 27.1. The minimum atomic E-state index is -0.451. The number of thiophene rings is 1. The van der Waals surface area contributed by atoms with Crippen LogP contribution in [-0.4, -0.2) is 61.9 Å². The molecule has 1 amide bonds. The van der Waals surface area contributed by atoms with Crippen LogP contribution in [0, 0.1) is 0 Å². The van der Waals surface area contributed by atoms with Gasteiger partial charge in [0.15, 0.2) is 0 Å². The van der Waals surface area contributed by atoms with Crippen LogP contribution in [-0.2, 0) is 0 Å². The fourth-order valence-corrected chi connectivity index (χ4v) is 6.71. The summed E-state index contributed by atoms with van der Waals surface area (Å²) in [6.07, 6.45) is 11.5. The average Bonchev–Trinajstić information content (AvgIpc) is 3.53. The molecule has 0 bridgehead atoms. The van der Waals surface area contributed by atoms with Crippen LogP contribution >= 0.6 is 11.3 Å². The lowest BCUT2D eigenvalue weighted by Gasteiger charge is -2.36. The van der Waals surface area contributed by atoms with Crippen LogP contribution < -0.4 is 19.7 Å². The van der Waals surface area contributed by atoms with Crippen molar-refractivity contribution in [3.63, 3.8) is 0 Å². The van der Waals surface area contributed by atoms with E-state index in [0.717, 1.165) is 75.1 Å². The Morgan fingerprint density at radius 1 is 0.886 bits per heavy atom. The van der Waals surface area contributed by atoms with Gasteiger partial charge in [-0.15, -0.1) is 11.3 Å². The number of aromatic nitrogens is 1. The van der Waals surface area contributed by atoms with Gasteiger partial charge in [0, 0.05) is 66.0 Å². The number of piperazine rings is 1. The van der Waals surface area contributed by atoms with Gasteiger partial charge in [-0.3, -0.25) is 4.90 Å². The SMILES string of the molecule is CCCCCCCCCCNC(=O)Oc1ccc2ccc(OCCCCN3CCN(c4cccc5sccc45)CC3)cc2n1. The predicted molar refractivity (Wildman–Crippen MR) is 184 cm³/mol. The number of benzene rings is 2. The van der Waals surface area contributed by atoms with Crippen molar-refractivity contribution in [2.24, 2.45) is 0 Å². The van der Waals surface area contributed by atoms with Crippen LogP contribution in [0.3, 0.4) is 0 Å². The van der Waals surface area contributed by atoms with Gasteiger partial charge in [0.25, 0.3) is 0 Å². The maximum absolute atomic E-state index is 12.3. The molecule has 0 spiro atoms. The molecule has 1 aliphatic rings. The smallest absolute Gasteiger partial charge is 0.413 e. The molecule has 2 aromatic heterocycles. The van der Waals surface area contributed by atoms with Gasteiger partial charge in [-0.2, -0.15) is 0 Å². The van der Waals surface area contributed by atoms with Crippen molar-refractivity contribution >= 4 is 44.1 Å². The molecule has 0 aliphatic carbocycles. The van der Waals surface area contributed by atoms with Gasteiger partial charge < -0.3 is 19.7 Å². The van der Waals surface area contributed by atoms with Crippen molar-refractivity contribution < 1.29 is 14.3 Å². The number of fused-ring (bicyclic) bond motifs is 2. The summed E-state index contributed by atoms with van der Waals surface area (Å²) in [5, 5.41) is 7.40. The minimum absolute atomic E-state index is 0.301. The first-order chi connectivity index (χ1) is 21.7. The lowest BCUT2D eigenvalue weighted by molar-refractivity contribution is 0.198. The fourth-order valence-electron chi connectivity index (χ4n) is 5.90. The van der Waals surface area contributed by atoms with Gasteiger partial charge >= 0.3 is 6.09 Å². The summed E-state index contributed by atoms with van der Waals surface area (Å²) in [5.41, 5.74) is 2.13. The van der Waals surface area contributed by atoms with E-state index in [2.05, 4.69) is 56.7 Å². The molecule has 4 aromatic rings. The van der Waals surface area contributed by atoms with Gasteiger partial charge in [-0.1, -0.05) is 57.9 Å². The quantitative estimate of drug-likeness (QED) is 0.120. The molecule has 1 N–H and O–H groups in total. The first kappa shape index (κ1) is 32.0. The van der Waals surface area contributed by atoms with E-state index in [1.165, 1.54) is 54.3 Å². The van der Waals surface area contributed by atoms with Crippen molar-refractivity contribution in [1.29, 1.82) is 0 Å². The molecule has 8 heteroatoms. The summed E-state index contributed by atoms with van der Waals surface area (Å²) in [7, 11) is 0. The zero-order chi connectivity index (χ0) is 30.4. The second kappa shape index (κ2) is 17.2. The van der Waals surface area contributed by atoms with Gasteiger partial charge in [-0.25, -0.2) is 9.78 Å². The minimum Gasteiger partial charge on any atom is -0.494 e. The number of hydrogen-bond acceptors (Lipinski definition) is 7. The molecule has 2 aromatic carbocycles. The first-order valence-corrected chi connectivity index (χ1v) is 17.5. The van der Waals surface area contributed by atoms with Gasteiger partial charge in [-0.05, 0) is 67.6 Å². The standard InChI is InChI=1S/C36H48N4O3S/c1-2-3-4-5-6-7-8-9-20-37-36(41)43-35-18-16-29-15-17-30(28-32(29)38-35)42-26-11-10-21-39-22-24-40(25-23-39)33-13-12-14-34-31(33)19-27-44-34/h12-19,27-28H,2-11,20-26H2,1H3,(H,37,41). The number of nitrogens with one attached hydrogen (secondary N) is 1. The Balaban J connectivity index is 0.966. The molecule has 236 valence electrons. The highest BCUT2D eigenvalue weighted by Gasteiger charge is 2.18. The number of amides is 1. The summed E-state index contributed by atoms with van der Waals surface area (Å²) in [6, 6.07) is 18.5. The molecule has 44 heavy (non-hydrogen) atoms. The summed E-state index contributed by atoms with van der Waals surface area (Å²) in [6.45, 7) is 8.97. The topological polar surface area (TPSA) is 66.9 Å². The van der Waals surface area contributed by atoms with Crippen molar-refractivity contribution in [3.8, 4) is 11.6 Å². The Morgan fingerprint density at radius 2 is 1.68 bits per heavy atom. The summed E-state index contributed by atoms with van der Waals surface area (Å²) in [4.78, 5) is 21.9. The number of carbonyl (C=O) groups excluding carboxylic acids is 1. The van der Waals surface area contributed by atoms with E-state index in [0.29, 0.717) is 19.0 Å². The zero-order valence-electron chi connectivity index (χ0n) is 26.3. The molecule has 1 fully saturated rings. The summed E-state index contributed by atoms with van der Waals surface area (Å²) < 4.78 is 12.9. The molecular weight excluding hydrogens is 568 g/mol. The summed E-state index contributed by atoms with van der Waals surface area (Å²) >= 11 is 1.82. The molecular formula is C36H48N4O3S. The molecule has 0 saturated carbocycles. The van der Waals surface area contributed by atoms with Crippen molar-refractivity contribution in [3.05, 3.63) is 60.0 Å². The third-order valence-corrected chi connectivity index (χ3v) is 9.34. The second-order valence-corrected chi connectivity index (χ2v) is 12.7. The Hall–Kier alpha value is -3.36. The van der Waals surface area contributed by atoms with Crippen molar-refractivity contribution in [2.45, 2.75) is 71.1 Å². The monoisotopic (exact) mass is 616 g/mol. The molecule has 0 unspecified atom stereocenters. The average molecular weight is 617 g/mol. The van der Waals surface area contributed by atoms with E-state index in [9.17, 15) is 4.79 Å². The lowest BCUT2D eigenvalue weighted by Crippen LogP contribution is -2.46. The predicted octanol–water partition coefficient (Wildman–Crippen LogP) is 8.66. The number of hydrogen-bond donors (Lipinski definition) is 1. The highest BCUT2D eigenvalue weighted by molar-refractivity contribution is 7.17. The Morgan fingerprint density at radius 3 is 2.52 bits per heavy atom. The third kappa shape index (κ3) is 9.57. The van der Waals surface area contributed by atoms with E-state index in [-0.39, 0.29) is 0 Å². The number of pyridine rings is 1. The molecule has 1 aliphatic heterocycles. The van der Waals surface area contributed by atoms with E-state index in [4.69, 9.17) is 9.47 Å². The van der Waals surface area contributed by atoms with Crippen LogP contribution in [0.25, 0.3) is 21.0 Å². The van der Waals surface area contributed by atoms with Crippen LogP contribution in [0.5, 0.6) is 11.6 Å². The van der Waals surface area contributed by atoms with E-state index >= 15 is 0 Å². The molecule has 0 atom stereocenters. The van der Waals surface area contributed by atoms with Gasteiger partial charge in [0.2, 0.25) is 5.88 Å². The van der Waals surface area contributed by atoms with Crippen molar-refractivity contribution in [1.82, 2.24) is 15.2 Å². The molecule has 3 heterocycles. The molecule has 0 radical (unpaired) electrons. The van der Waals surface area contributed by atoms with Crippen LogP contribution in [0.4, 0.5) is 10.5 Å². The maximum Gasteiger partial charge on any atom is 0.413 e. The number of unbranched alkanes of at least 4 members (excludes halogenated alkanes) is 8. The Bertz CT molecular complexity index is 1450. The summed E-state index contributed by atoms with van der Waals surface area (Å²) in [5.74, 6) is 1.09. The maximum atomic E-state index is 12.3. The molecule has 5 rings (SSSR count). The van der Waals surface area contributed by atoms with Crippen LogP contribution in [0.1, 0.15) is 71.1 Å². The van der Waals surface area contributed by atoms with Crippen LogP contribution in [0.15, 0.2) is 60.0 Å². The molecule has 1 saturated heterocycles. The van der Waals surface area contributed by atoms with E-state index in [1.807, 2.05) is 35.6 Å².